The van der Waals surface area contributed by atoms with E-state index in [0.29, 0.717) is 56.8 Å². The molecular weight excluding hydrogens is 650 g/mol. The zero-order valence-corrected chi connectivity index (χ0v) is 26.9. The third-order valence-electron chi connectivity index (χ3n) is 8.99. The number of fused-ring (bicyclic) bond motifs is 1. The number of hydrogen-bond acceptors (Lipinski definition) is 8. The number of pyridine rings is 1. The van der Waals surface area contributed by atoms with Crippen molar-refractivity contribution in [2.24, 2.45) is 5.92 Å². The van der Waals surface area contributed by atoms with Crippen LogP contribution in [0.5, 0.6) is 0 Å². The number of hydrogen-bond donors (Lipinski definition) is 0. The Kier molecular flexibility index (Phi) is 8.88. The van der Waals surface area contributed by atoms with Crippen LogP contribution in [0.4, 0.5) is 43.8 Å². The van der Waals surface area contributed by atoms with Crippen LogP contribution in [0.15, 0.2) is 54.5 Å². The molecule has 260 valence electrons. The number of allylic oxidation sites excluding steroid dienone is 1. The minimum absolute atomic E-state index is 0.0737. The van der Waals surface area contributed by atoms with Crippen molar-refractivity contribution in [3.8, 4) is 0 Å². The molecule has 4 aromatic rings. The Hall–Kier alpha value is -4.40. The average Bonchev–Trinajstić information content (AvgIpc) is 4.03. The lowest BCUT2D eigenvalue weighted by Gasteiger charge is -2.30. The van der Waals surface area contributed by atoms with Crippen molar-refractivity contribution in [2.45, 2.75) is 58.2 Å². The normalized spacial score (nSPS) is 16.6. The standard InChI is InChI=1S/C34H36F6N8O/c1-2-48-31-25(15-43-48)13-26(30(44-31)46(18-22-3-4-22)19-23-5-6-23)21-47(32-41-16-29(17-42-32)45-7-9-49-10-8-45)20-24-11-27(33(35,36)37)14-28(12-24)34(38,39)40/h3,11-17,23H,2,4-10,18-21H2,1H3. The zero-order valence-electron chi connectivity index (χ0n) is 26.9. The third kappa shape index (κ3) is 7.76. The van der Waals surface area contributed by atoms with E-state index in [1.165, 1.54) is 5.57 Å². The Morgan fingerprint density at radius 1 is 0.857 bits per heavy atom. The summed E-state index contributed by atoms with van der Waals surface area (Å²) < 4.78 is 90.4. The smallest absolute Gasteiger partial charge is 0.378 e. The highest BCUT2D eigenvalue weighted by molar-refractivity contribution is 5.79. The summed E-state index contributed by atoms with van der Waals surface area (Å²) in [6.07, 6.45) is 0.349. The van der Waals surface area contributed by atoms with Gasteiger partial charge in [0, 0.05) is 56.8 Å². The van der Waals surface area contributed by atoms with Crippen molar-refractivity contribution >= 4 is 28.5 Å². The number of aryl methyl sites for hydroxylation is 1. The van der Waals surface area contributed by atoms with E-state index in [1.807, 2.05) is 13.0 Å². The molecule has 4 heterocycles. The van der Waals surface area contributed by atoms with Gasteiger partial charge in [0.2, 0.25) is 5.95 Å². The highest BCUT2D eigenvalue weighted by Crippen LogP contribution is 2.38. The van der Waals surface area contributed by atoms with E-state index >= 15 is 0 Å². The molecule has 0 spiro atoms. The van der Waals surface area contributed by atoms with Crippen molar-refractivity contribution in [2.75, 3.05) is 54.1 Å². The molecule has 0 amide bonds. The minimum atomic E-state index is -4.97. The fourth-order valence-corrected chi connectivity index (χ4v) is 6.14. The molecule has 2 aliphatic carbocycles. The monoisotopic (exact) mass is 686 g/mol. The maximum atomic E-state index is 13.9. The van der Waals surface area contributed by atoms with Crippen LogP contribution in [-0.2, 0) is 36.7 Å². The molecule has 15 heteroatoms. The summed E-state index contributed by atoms with van der Waals surface area (Å²) in [5.74, 6) is 1.40. The summed E-state index contributed by atoms with van der Waals surface area (Å²) in [6, 6.07) is 3.62. The second kappa shape index (κ2) is 13.1. The number of aromatic nitrogens is 5. The fourth-order valence-electron chi connectivity index (χ4n) is 6.14. The van der Waals surface area contributed by atoms with Gasteiger partial charge >= 0.3 is 12.4 Å². The van der Waals surface area contributed by atoms with Crippen LogP contribution in [-0.4, -0.2) is 64.1 Å². The van der Waals surface area contributed by atoms with Crippen LogP contribution >= 0.6 is 0 Å². The molecule has 3 aromatic heterocycles. The molecule has 0 unspecified atom stereocenters. The molecule has 49 heavy (non-hydrogen) atoms. The Morgan fingerprint density at radius 2 is 1.53 bits per heavy atom. The van der Waals surface area contributed by atoms with Gasteiger partial charge in [-0.3, -0.25) is 0 Å². The molecule has 2 fully saturated rings. The fraction of sp³-hybridized carbons (Fsp3) is 0.471. The van der Waals surface area contributed by atoms with Gasteiger partial charge in [-0.2, -0.15) is 31.4 Å². The Balaban J connectivity index is 1.31. The van der Waals surface area contributed by atoms with E-state index in [-0.39, 0.29) is 30.7 Å². The zero-order chi connectivity index (χ0) is 34.3. The lowest BCUT2D eigenvalue weighted by atomic mass is 10.0. The quantitative estimate of drug-likeness (QED) is 0.118. The summed E-state index contributed by atoms with van der Waals surface area (Å²) in [6.45, 7) is 6.20. The topological polar surface area (TPSA) is 75.4 Å². The molecule has 0 radical (unpaired) electrons. The van der Waals surface area contributed by atoms with E-state index in [1.54, 1.807) is 28.2 Å². The number of rotatable bonds is 12. The van der Waals surface area contributed by atoms with Crippen molar-refractivity contribution in [3.05, 3.63) is 76.8 Å². The van der Waals surface area contributed by atoms with Crippen LogP contribution in [0.2, 0.25) is 0 Å². The molecule has 0 N–H and O–H groups in total. The Morgan fingerprint density at radius 3 is 2.12 bits per heavy atom. The summed E-state index contributed by atoms with van der Waals surface area (Å²) >= 11 is 0. The van der Waals surface area contributed by atoms with Crippen molar-refractivity contribution in [3.63, 3.8) is 0 Å². The summed E-state index contributed by atoms with van der Waals surface area (Å²) in [5, 5.41) is 5.26. The van der Waals surface area contributed by atoms with Crippen LogP contribution < -0.4 is 14.7 Å². The first-order chi connectivity index (χ1) is 23.4. The summed E-state index contributed by atoms with van der Waals surface area (Å²) in [5.41, 5.74) is 0.575. The number of ether oxygens (including phenoxy) is 1. The molecule has 0 bridgehead atoms. The maximum Gasteiger partial charge on any atom is 0.416 e. The average molecular weight is 687 g/mol. The van der Waals surface area contributed by atoms with Gasteiger partial charge in [-0.05, 0) is 61.9 Å². The van der Waals surface area contributed by atoms with E-state index in [4.69, 9.17) is 9.72 Å². The number of alkyl halides is 6. The van der Waals surface area contributed by atoms with E-state index in [0.717, 1.165) is 54.6 Å². The van der Waals surface area contributed by atoms with Crippen molar-refractivity contribution < 1.29 is 31.1 Å². The summed E-state index contributed by atoms with van der Waals surface area (Å²) in [4.78, 5) is 20.2. The minimum Gasteiger partial charge on any atom is -0.378 e. The van der Waals surface area contributed by atoms with Gasteiger partial charge in [0.15, 0.2) is 5.65 Å². The van der Waals surface area contributed by atoms with Crippen molar-refractivity contribution in [1.82, 2.24) is 24.7 Å². The number of anilines is 3. The number of nitrogens with zero attached hydrogens (tertiary/aromatic N) is 8. The largest absolute Gasteiger partial charge is 0.416 e. The molecule has 7 rings (SSSR count). The molecule has 0 atom stereocenters. The molecule has 1 aliphatic heterocycles. The van der Waals surface area contributed by atoms with Crippen molar-refractivity contribution in [1.29, 1.82) is 0 Å². The molecule has 1 aromatic carbocycles. The molecule has 3 aliphatic rings. The van der Waals surface area contributed by atoms with Gasteiger partial charge < -0.3 is 19.4 Å². The van der Waals surface area contributed by atoms with Gasteiger partial charge in [-0.15, -0.1) is 0 Å². The molecular formula is C34H36F6N8O. The number of morpholine rings is 1. The van der Waals surface area contributed by atoms with E-state index in [9.17, 15) is 26.3 Å². The van der Waals surface area contributed by atoms with Crippen LogP contribution in [0.1, 0.15) is 48.4 Å². The van der Waals surface area contributed by atoms with Gasteiger partial charge in [0.05, 0.1) is 48.6 Å². The van der Waals surface area contributed by atoms with Gasteiger partial charge in [-0.1, -0.05) is 11.6 Å². The van der Waals surface area contributed by atoms with E-state index < -0.39 is 23.5 Å². The Bertz CT molecular complexity index is 1800. The first-order valence-corrected chi connectivity index (χ1v) is 16.4. The highest BCUT2D eigenvalue weighted by atomic mass is 19.4. The number of halogens is 6. The predicted octanol–water partition coefficient (Wildman–Crippen LogP) is 6.87. The third-order valence-corrected chi connectivity index (χ3v) is 8.99. The molecule has 1 saturated carbocycles. The molecule has 1 saturated heterocycles. The van der Waals surface area contributed by atoms with Gasteiger partial charge in [-0.25, -0.2) is 19.6 Å². The van der Waals surface area contributed by atoms with Crippen LogP contribution in [0.25, 0.3) is 11.0 Å². The molecule has 9 nitrogen and oxygen atoms in total. The second-order valence-electron chi connectivity index (χ2n) is 12.8. The van der Waals surface area contributed by atoms with E-state index in [2.05, 4.69) is 30.9 Å². The van der Waals surface area contributed by atoms with Gasteiger partial charge in [0.1, 0.15) is 5.82 Å². The summed E-state index contributed by atoms with van der Waals surface area (Å²) in [7, 11) is 0. The lowest BCUT2D eigenvalue weighted by molar-refractivity contribution is -0.143. The Labute approximate surface area is 279 Å². The highest BCUT2D eigenvalue weighted by Gasteiger charge is 2.37. The maximum absolute atomic E-state index is 13.9. The van der Waals surface area contributed by atoms with Gasteiger partial charge in [0.25, 0.3) is 0 Å². The SMILES string of the molecule is CCn1ncc2cc(CN(Cc3cc(C(F)(F)F)cc(C(F)(F)F)c3)c3ncc(N4CCOCC4)cn3)c(N(CC3=CC3)CC3CC3)nc21. The van der Waals surface area contributed by atoms with Crippen LogP contribution in [0.3, 0.4) is 0 Å². The predicted molar refractivity (Wildman–Crippen MR) is 172 cm³/mol. The second-order valence-corrected chi connectivity index (χ2v) is 12.8. The number of benzene rings is 1. The lowest BCUT2D eigenvalue weighted by Crippen LogP contribution is -2.36. The first-order valence-electron chi connectivity index (χ1n) is 16.4. The van der Waals surface area contributed by atoms with Crippen LogP contribution in [0, 0.1) is 5.92 Å². The first kappa shape index (κ1) is 33.1.